The summed E-state index contributed by atoms with van der Waals surface area (Å²) in [5.74, 6) is -0.888. The highest BCUT2D eigenvalue weighted by Crippen LogP contribution is 2.14. The minimum absolute atomic E-state index is 0.0497. The van der Waals surface area contributed by atoms with E-state index in [2.05, 4.69) is 15.2 Å². The van der Waals surface area contributed by atoms with Gasteiger partial charge in [0.15, 0.2) is 0 Å². The first-order chi connectivity index (χ1) is 8.58. The van der Waals surface area contributed by atoms with E-state index in [0.29, 0.717) is 12.6 Å². The fourth-order valence-electron chi connectivity index (χ4n) is 2.17. The molecule has 0 bridgehead atoms. The number of likely N-dealkylation sites (tertiary alicyclic amines) is 1. The fraction of sp³-hybridized carbons (Fsp3) is 0.500. The third-order valence-electron chi connectivity index (χ3n) is 3.30. The largest absolute Gasteiger partial charge is 0.383 e. The van der Waals surface area contributed by atoms with Crippen LogP contribution in [-0.2, 0) is 0 Å². The Morgan fingerprint density at radius 2 is 2.50 bits per heavy atom. The van der Waals surface area contributed by atoms with Crippen LogP contribution in [0.15, 0.2) is 12.3 Å². The van der Waals surface area contributed by atoms with Crippen LogP contribution >= 0.6 is 0 Å². The number of hydrogen-bond donors (Lipinski definition) is 2. The van der Waals surface area contributed by atoms with Crippen molar-refractivity contribution in [2.75, 3.05) is 25.9 Å². The normalized spacial score (nSPS) is 20.0. The van der Waals surface area contributed by atoms with Crippen LogP contribution in [0.2, 0.25) is 0 Å². The highest BCUT2D eigenvalue weighted by Gasteiger charge is 2.22. The SMILES string of the molecule is CN1CCCC1CNC(=O)c1cc(F)cnc1N. The number of pyridine rings is 1. The summed E-state index contributed by atoms with van der Waals surface area (Å²) >= 11 is 0. The molecular weight excluding hydrogens is 235 g/mol. The van der Waals surface area contributed by atoms with Crippen molar-refractivity contribution in [2.45, 2.75) is 18.9 Å². The van der Waals surface area contributed by atoms with Gasteiger partial charge in [0.05, 0.1) is 11.8 Å². The maximum absolute atomic E-state index is 13.0. The van der Waals surface area contributed by atoms with Crippen LogP contribution in [-0.4, -0.2) is 42.0 Å². The summed E-state index contributed by atoms with van der Waals surface area (Å²) in [4.78, 5) is 17.7. The standard InChI is InChI=1S/C12H17FN4O/c1-17-4-2-3-9(17)7-16-12(18)10-5-8(13)6-15-11(10)14/h5-6,9H,2-4,7H2,1H3,(H2,14,15)(H,16,18). The Balaban J connectivity index is 1.97. The Morgan fingerprint density at radius 1 is 1.72 bits per heavy atom. The first-order valence-corrected chi connectivity index (χ1v) is 5.97. The number of nitrogens with zero attached hydrogens (tertiary/aromatic N) is 2. The molecule has 0 spiro atoms. The van der Waals surface area contributed by atoms with Crippen LogP contribution in [0, 0.1) is 5.82 Å². The fourth-order valence-corrected chi connectivity index (χ4v) is 2.17. The number of likely N-dealkylation sites (N-methyl/N-ethyl adjacent to an activating group) is 1. The summed E-state index contributed by atoms with van der Waals surface area (Å²) in [6, 6.07) is 1.45. The van der Waals surface area contributed by atoms with Crippen LogP contribution in [0.5, 0.6) is 0 Å². The first-order valence-electron chi connectivity index (χ1n) is 5.97. The predicted octanol–water partition coefficient (Wildman–Crippen LogP) is 0.627. The Kier molecular flexibility index (Phi) is 3.76. The molecule has 3 N–H and O–H groups in total. The van der Waals surface area contributed by atoms with E-state index in [1.54, 1.807) is 0 Å². The van der Waals surface area contributed by atoms with Crippen molar-refractivity contribution in [1.29, 1.82) is 0 Å². The summed E-state index contributed by atoms with van der Waals surface area (Å²) in [5, 5.41) is 2.77. The lowest BCUT2D eigenvalue weighted by atomic mass is 10.2. The third kappa shape index (κ3) is 2.76. The molecule has 0 radical (unpaired) electrons. The molecule has 1 fully saturated rings. The summed E-state index contributed by atoms with van der Waals surface area (Å²) in [5.41, 5.74) is 5.65. The molecule has 0 aliphatic carbocycles. The van der Waals surface area contributed by atoms with E-state index in [0.717, 1.165) is 31.6 Å². The van der Waals surface area contributed by atoms with E-state index in [9.17, 15) is 9.18 Å². The number of nitrogens with one attached hydrogen (secondary N) is 1. The minimum atomic E-state index is -0.563. The van der Waals surface area contributed by atoms with Gasteiger partial charge in [-0.25, -0.2) is 9.37 Å². The van der Waals surface area contributed by atoms with Gasteiger partial charge in [-0.2, -0.15) is 0 Å². The Bertz CT molecular complexity index is 452. The third-order valence-corrected chi connectivity index (χ3v) is 3.30. The number of rotatable bonds is 3. The number of halogens is 1. The molecule has 1 atom stereocenters. The number of anilines is 1. The van der Waals surface area contributed by atoms with Crippen LogP contribution in [0.3, 0.4) is 0 Å². The van der Waals surface area contributed by atoms with Crippen LogP contribution in [0.4, 0.5) is 10.2 Å². The molecule has 1 amide bonds. The Hall–Kier alpha value is -1.69. The first kappa shape index (κ1) is 12.8. The van der Waals surface area contributed by atoms with E-state index in [4.69, 9.17) is 5.73 Å². The number of aromatic nitrogens is 1. The van der Waals surface area contributed by atoms with Gasteiger partial charge < -0.3 is 16.0 Å². The minimum Gasteiger partial charge on any atom is -0.383 e. The number of carbonyl (C=O) groups excluding carboxylic acids is 1. The van der Waals surface area contributed by atoms with E-state index < -0.39 is 5.82 Å². The molecule has 18 heavy (non-hydrogen) atoms. The van der Waals surface area contributed by atoms with Crippen LogP contribution < -0.4 is 11.1 Å². The predicted molar refractivity (Wildman–Crippen MR) is 66.6 cm³/mol. The van der Waals surface area contributed by atoms with Gasteiger partial charge in [-0.05, 0) is 32.5 Å². The van der Waals surface area contributed by atoms with E-state index in [1.807, 2.05) is 7.05 Å². The molecule has 1 unspecified atom stereocenters. The van der Waals surface area contributed by atoms with Gasteiger partial charge in [0.1, 0.15) is 11.6 Å². The molecule has 2 heterocycles. The topological polar surface area (TPSA) is 71.2 Å². The zero-order valence-electron chi connectivity index (χ0n) is 10.3. The van der Waals surface area contributed by atoms with Crippen molar-refractivity contribution in [1.82, 2.24) is 15.2 Å². The van der Waals surface area contributed by atoms with Gasteiger partial charge >= 0.3 is 0 Å². The number of nitrogens with two attached hydrogens (primary N) is 1. The maximum atomic E-state index is 13.0. The quantitative estimate of drug-likeness (QED) is 0.827. The molecular formula is C12H17FN4O. The van der Waals surface area contributed by atoms with Gasteiger partial charge in [-0.1, -0.05) is 0 Å². The highest BCUT2D eigenvalue weighted by atomic mass is 19.1. The van der Waals surface area contributed by atoms with E-state index >= 15 is 0 Å². The summed E-state index contributed by atoms with van der Waals surface area (Å²) in [6.45, 7) is 1.59. The van der Waals surface area contributed by atoms with Crippen LogP contribution in [0.25, 0.3) is 0 Å². The zero-order chi connectivity index (χ0) is 13.1. The molecule has 1 aliphatic rings. The molecule has 1 aromatic heterocycles. The maximum Gasteiger partial charge on any atom is 0.255 e. The van der Waals surface area contributed by atoms with E-state index in [-0.39, 0.29) is 17.3 Å². The lowest BCUT2D eigenvalue weighted by Gasteiger charge is -2.19. The summed E-state index contributed by atoms with van der Waals surface area (Å²) in [6.07, 6.45) is 3.20. The molecule has 2 rings (SSSR count). The smallest absolute Gasteiger partial charge is 0.255 e. The number of nitrogen functional groups attached to an aromatic ring is 1. The zero-order valence-corrected chi connectivity index (χ0v) is 10.3. The average Bonchev–Trinajstić information content (AvgIpc) is 2.75. The van der Waals surface area contributed by atoms with Gasteiger partial charge in [-0.3, -0.25) is 4.79 Å². The molecule has 98 valence electrons. The van der Waals surface area contributed by atoms with Crippen molar-refractivity contribution in [2.24, 2.45) is 0 Å². The molecule has 1 aromatic rings. The van der Waals surface area contributed by atoms with Gasteiger partial charge in [0.2, 0.25) is 0 Å². The number of amides is 1. The Labute approximate surface area is 105 Å². The van der Waals surface area contributed by atoms with Crippen molar-refractivity contribution in [3.8, 4) is 0 Å². The summed E-state index contributed by atoms with van der Waals surface area (Å²) < 4.78 is 13.0. The molecule has 1 saturated heterocycles. The highest BCUT2D eigenvalue weighted by molar-refractivity contribution is 5.98. The lowest BCUT2D eigenvalue weighted by molar-refractivity contribution is 0.0944. The molecule has 0 saturated carbocycles. The lowest BCUT2D eigenvalue weighted by Crippen LogP contribution is -2.38. The van der Waals surface area contributed by atoms with Crippen molar-refractivity contribution >= 4 is 11.7 Å². The summed E-state index contributed by atoms with van der Waals surface area (Å²) in [7, 11) is 2.03. The van der Waals surface area contributed by atoms with E-state index in [1.165, 1.54) is 0 Å². The second kappa shape index (κ2) is 5.30. The second-order valence-corrected chi connectivity index (χ2v) is 4.57. The van der Waals surface area contributed by atoms with Gasteiger partial charge in [-0.15, -0.1) is 0 Å². The molecule has 1 aliphatic heterocycles. The van der Waals surface area contributed by atoms with Crippen molar-refractivity contribution in [3.63, 3.8) is 0 Å². The second-order valence-electron chi connectivity index (χ2n) is 4.57. The molecule has 0 aromatic carbocycles. The average molecular weight is 252 g/mol. The van der Waals surface area contributed by atoms with Crippen molar-refractivity contribution < 1.29 is 9.18 Å². The molecule has 5 nitrogen and oxygen atoms in total. The number of hydrogen-bond acceptors (Lipinski definition) is 4. The van der Waals surface area contributed by atoms with Gasteiger partial charge in [0.25, 0.3) is 5.91 Å². The van der Waals surface area contributed by atoms with Crippen LogP contribution in [0.1, 0.15) is 23.2 Å². The van der Waals surface area contributed by atoms with Gasteiger partial charge in [0, 0.05) is 12.6 Å². The van der Waals surface area contributed by atoms with Crippen molar-refractivity contribution in [3.05, 3.63) is 23.6 Å². The number of carbonyl (C=O) groups is 1. The Morgan fingerprint density at radius 3 is 3.17 bits per heavy atom. The monoisotopic (exact) mass is 252 g/mol. The molecule has 6 heteroatoms.